The zero-order valence-corrected chi connectivity index (χ0v) is 10.5. The Morgan fingerprint density at radius 2 is 1.95 bits per heavy atom. The Kier molecular flexibility index (Phi) is 5.05. The Morgan fingerprint density at radius 1 is 1.37 bits per heavy atom. The van der Waals surface area contributed by atoms with Crippen molar-refractivity contribution in [1.82, 2.24) is 5.32 Å². The molecule has 19 heavy (non-hydrogen) atoms. The van der Waals surface area contributed by atoms with E-state index in [1.54, 1.807) is 0 Å². The quantitative estimate of drug-likeness (QED) is 0.449. The number of hydrogen-bond acceptors (Lipinski definition) is 4. The third-order valence-corrected chi connectivity index (χ3v) is 3.08. The maximum absolute atomic E-state index is 11.5. The van der Waals surface area contributed by atoms with Crippen LogP contribution in [0, 0.1) is 5.92 Å². The number of nitrogens with two attached hydrogens (primary N) is 1. The SMILES string of the molecule is C=C1C[C@@H]1CC(NC(=O)CC[C@H](N)C(=O)O)C(=O)O. The van der Waals surface area contributed by atoms with Crippen molar-refractivity contribution < 1.29 is 24.6 Å². The van der Waals surface area contributed by atoms with Crippen molar-refractivity contribution in [3.8, 4) is 0 Å². The van der Waals surface area contributed by atoms with Gasteiger partial charge in [0.2, 0.25) is 5.91 Å². The summed E-state index contributed by atoms with van der Waals surface area (Å²) in [6.07, 6.45) is 0.987. The van der Waals surface area contributed by atoms with Gasteiger partial charge >= 0.3 is 11.9 Å². The van der Waals surface area contributed by atoms with Crippen LogP contribution in [0.25, 0.3) is 0 Å². The molecule has 0 radical (unpaired) electrons. The summed E-state index contributed by atoms with van der Waals surface area (Å²) in [5, 5.41) is 19.9. The summed E-state index contributed by atoms with van der Waals surface area (Å²) >= 11 is 0. The highest BCUT2D eigenvalue weighted by Gasteiger charge is 2.33. The number of nitrogens with one attached hydrogen (secondary N) is 1. The van der Waals surface area contributed by atoms with Gasteiger partial charge in [0, 0.05) is 6.42 Å². The van der Waals surface area contributed by atoms with Gasteiger partial charge in [-0.25, -0.2) is 4.79 Å². The molecule has 1 saturated carbocycles. The van der Waals surface area contributed by atoms with E-state index >= 15 is 0 Å². The van der Waals surface area contributed by atoms with Gasteiger partial charge < -0.3 is 21.3 Å². The highest BCUT2D eigenvalue weighted by Crippen LogP contribution is 2.39. The maximum atomic E-state index is 11.5. The minimum atomic E-state index is -1.18. The van der Waals surface area contributed by atoms with E-state index in [-0.39, 0.29) is 18.8 Å². The van der Waals surface area contributed by atoms with Crippen LogP contribution in [0.1, 0.15) is 25.7 Å². The molecule has 0 aliphatic heterocycles. The van der Waals surface area contributed by atoms with Gasteiger partial charge in [-0.15, -0.1) is 0 Å². The first-order chi connectivity index (χ1) is 8.81. The Labute approximate surface area is 110 Å². The van der Waals surface area contributed by atoms with Crippen LogP contribution in [-0.2, 0) is 14.4 Å². The first kappa shape index (κ1) is 15.2. The number of hydrogen-bond donors (Lipinski definition) is 4. The average Bonchev–Trinajstić information content (AvgIpc) is 3.00. The summed E-state index contributed by atoms with van der Waals surface area (Å²) in [6, 6.07) is -2.07. The molecular formula is C12H18N2O5. The average molecular weight is 270 g/mol. The first-order valence-corrected chi connectivity index (χ1v) is 5.99. The lowest BCUT2D eigenvalue weighted by Gasteiger charge is -2.14. The van der Waals surface area contributed by atoms with Crippen molar-refractivity contribution in [2.75, 3.05) is 0 Å². The molecule has 106 valence electrons. The molecule has 0 saturated heterocycles. The summed E-state index contributed by atoms with van der Waals surface area (Å²) < 4.78 is 0. The first-order valence-electron chi connectivity index (χ1n) is 5.99. The molecule has 0 bridgehead atoms. The molecular weight excluding hydrogens is 252 g/mol. The second-order valence-electron chi connectivity index (χ2n) is 4.74. The minimum absolute atomic E-state index is 0.0242. The predicted molar refractivity (Wildman–Crippen MR) is 66.3 cm³/mol. The second-order valence-corrected chi connectivity index (χ2v) is 4.74. The number of allylic oxidation sites excluding steroid dienone is 1. The van der Waals surface area contributed by atoms with Crippen LogP contribution in [0.2, 0.25) is 0 Å². The van der Waals surface area contributed by atoms with Crippen molar-refractivity contribution in [2.45, 2.75) is 37.8 Å². The summed E-state index contributed by atoms with van der Waals surface area (Å²) in [5.74, 6) is -2.63. The van der Waals surface area contributed by atoms with E-state index in [1.165, 1.54) is 0 Å². The molecule has 1 aliphatic carbocycles. The number of amides is 1. The van der Waals surface area contributed by atoms with Gasteiger partial charge in [-0.3, -0.25) is 9.59 Å². The van der Waals surface area contributed by atoms with Crippen molar-refractivity contribution >= 4 is 17.8 Å². The lowest BCUT2D eigenvalue weighted by Crippen LogP contribution is -2.42. The molecule has 1 unspecified atom stereocenters. The van der Waals surface area contributed by atoms with E-state index < -0.39 is 29.9 Å². The molecule has 7 nitrogen and oxygen atoms in total. The van der Waals surface area contributed by atoms with Gasteiger partial charge in [-0.05, 0) is 25.2 Å². The van der Waals surface area contributed by atoms with E-state index in [2.05, 4.69) is 11.9 Å². The van der Waals surface area contributed by atoms with Gasteiger partial charge in [0.25, 0.3) is 0 Å². The summed E-state index contributed by atoms with van der Waals surface area (Å²) in [5.41, 5.74) is 6.25. The lowest BCUT2D eigenvalue weighted by atomic mass is 10.1. The topological polar surface area (TPSA) is 130 Å². The molecule has 0 aromatic carbocycles. The molecule has 1 aliphatic rings. The molecule has 0 aromatic heterocycles. The highest BCUT2D eigenvalue weighted by molar-refractivity contribution is 5.84. The molecule has 0 spiro atoms. The zero-order valence-electron chi connectivity index (χ0n) is 10.5. The van der Waals surface area contributed by atoms with Crippen molar-refractivity contribution in [1.29, 1.82) is 0 Å². The molecule has 5 N–H and O–H groups in total. The van der Waals surface area contributed by atoms with E-state index in [0.717, 1.165) is 12.0 Å². The van der Waals surface area contributed by atoms with Gasteiger partial charge in [0.1, 0.15) is 12.1 Å². The van der Waals surface area contributed by atoms with Gasteiger partial charge in [-0.1, -0.05) is 12.2 Å². The molecule has 0 heterocycles. The normalized spacial score (nSPS) is 20.5. The van der Waals surface area contributed by atoms with Crippen LogP contribution in [0.3, 0.4) is 0 Å². The predicted octanol–water partition coefficient (Wildman–Crippen LogP) is -0.286. The third kappa shape index (κ3) is 5.09. The lowest BCUT2D eigenvalue weighted by molar-refractivity contribution is -0.142. The number of rotatable bonds is 8. The number of carbonyl (C=O) groups excluding carboxylic acids is 1. The fourth-order valence-electron chi connectivity index (χ4n) is 1.69. The molecule has 7 heteroatoms. The van der Waals surface area contributed by atoms with Crippen LogP contribution in [0.4, 0.5) is 0 Å². The highest BCUT2D eigenvalue weighted by atomic mass is 16.4. The van der Waals surface area contributed by atoms with Crippen molar-refractivity contribution in [3.63, 3.8) is 0 Å². The molecule has 1 rings (SSSR count). The Hall–Kier alpha value is -1.89. The zero-order chi connectivity index (χ0) is 14.6. The smallest absolute Gasteiger partial charge is 0.326 e. The molecule has 3 atom stereocenters. The van der Waals surface area contributed by atoms with Crippen LogP contribution < -0.4 is 11.1 Å². The third-order valence-electron chi connectivity index (χ3n) is 3.08. The monoisotopic (exact) mass is 270 g/mol. The van der Waals surface area contributed by atoms with Gasteiger partial charge in [-0.2, -0.15) is 0 Å². The largest absolute Gasteiger partial charge is 0.480 e. The molecule has 1 amide bonds. The van der Waals surface area contributed by atoms with E-state index in [9.17, 15) is 14.4 Å². The Balaban J connectivity index is 2.36. The second kappa shape index (κ2) is 6.33. The summed E-state index contributed by atoms with van der Waals surface area (Å²) in [6.45, 7) is 3.73. The number of carboxylic acids is 2. The van der Waals surface area contributed by atoms with Crippen LogP contribution in [-0.4, -0.2) is 40.1 Å². The van der Waals surface area contributed by atoms with E-state index in [1.807, 2.05) is 0 Å². The fraction of sp³-hybridized carbons (Fsp3) is 0.583. The van der Waals surface area contributed by atoms with Gasteiger partial charge in [0.05, 0.1) is 0 Å². The van der Waals surface area contributed by atoms with Crippen LogP contribution in [0.15, 0.2) is 12.2 Å². The number of carbonyl (C=O) groups is 3. The fourth-order valence-corrected chi connectivity index (χ4v) is 1.69. The molecule has 0 aromatic rings. The Morgan fingerprint density at radius 3 is 2.37 bits per heavy atom. The minimum Gasteiger partial charge on any atom is -0.480 e. The van der Waals surface area contributed by atoms with Crippen LogP contribution in [0.5, 0.6) is 0 Å². The maximum Gasteiger partial charge on any atom is 0.326 e. The Bertz CT molecular complexity index is 407. The standard InChI is InChI=1S/C12H18N2O5/c1-6-4-7(6)5-9(12(18)19)14-10(15)3-2-8(13)11(16)17/h7-9H,1-5,13H2,(H,14,15)(H,16,17)(H,18,19)/t7-,8+,9?/m1/s1. The summed E-state index contributed by atoms with van der Waals surface area (Å²) in [4.78, 5) is 33.0. The van der Waals surface area contributed by atoms with Crippen molar-refractivity contribution in [2.24, 2.45) is 11.7 Å². The number of carboxylic acid groups (broad SMARTS) is 2. The van der Waals surface area contributed by atoms with E-state index in [4.69, 9.17) is 15.9 Å². The van der Waals surface area contributed by atoms with E-state index in [0.29, 0.717) is 6.42 Å². The van der Waals surface area contributed by atoms with Gasteiger partial charge in [0.15, 0.2) is 0 Å². The van der Waals surface area contributed by atoms with Crippen LogP contribution >= 0.6 is 0 Å². The number of aliphatic carboxylic acids is 2. The summed E-state index contributed by atoms with van der Waals surface area (Å²) in [7, 11) is 0. The molecule has 1 fully saturated rings. The van der Waals surface area contributed by atoms with Crippen molar-refractivity contribution in [3.05, 3.63) is 12.2 Å².